The number of rotatable bonds is 6. The molecule has 1 fully saturated rings. The summed E-state index contributed by atoms with van der Waals surface area (Å²) in [6, 6.07) is 3.96. The Morgan fingerprint density at radius 2 is 2.04 bits per heavy atom. The van der Waals surface area contributed by atoms with Crippen molar-refractivity contribution in [2.24, 2.45) is 10.8 Å². The number of halogens is 1. The van der Waals surface area contributed by atoms with E-state index in [1.54, 1.807) is 0 Å². The van der Waals surface area contributed by atoms with Crippen LogP contribution in [0.25, 0.3) is 0 Å². The Kier molecular flexibility index (Phi) is 5.50. The highest BCUT2D eigenvalue weighted by molar-refractivity contribution is 7.91. The molecule has 0 radical (unpaired) electrons. The number of nitrogens with zero attached hydrogens (tertiary/aromatic N) is 3. The SMILES string of the molecule is C=CCN(C(=O)C1=NN(c2ccc(F)cc2)C(C(N)=O)C1)C1CCS(=O)(=O)C1. The summed E-state index contributed by atoms with van der Waals surface area (Å²) >= 11 is 0. The zero-order valence-electron chi connectivity index (χ0n) is 15.1. The fraction of sp³-hybridized carbons (Fsp3) is 0.389. The lowest BCUT2D eigenvalue weighted by molar-refractivity contribution is -0.125. The molecule has 2 N–H and O–H groups in total. The summed E-state index contributed by atoms with van der Waals surface area (Å²) in [5.41, 5.74) is 5.98. The Bertz CT molecular complexity index is 929. The van der Waals surface area contributed by atoms with Crippen LogP contribution in [-0.4, -0.2) is 61.0 Å². The molecule has 2 aliphatic heterocycles. The number of carbonyl (C=O) groups is 2. The molecule has 1 aromatic carbocycles. The van der Waals surface area contributed by atoms with Gasteiger partial charge in [-0.3, -0.25) is 14.6 Å². The van der Waals surface area contributed by atoms with Crippen molar-refractivity contribution in [3.63, 3.8) is 0 Å². The highest BCUT2D eigenvalue weighted by Gasteiger charge is 2.40. The number of hydrazone groups is 1. The van der Waals surface area contributed by atoms with Gasteiger partial charge in [-0.05, 0) is 30.7 Å². The van der Waals surface area contributed by atoms with Crippen molar-refractivity contribution in [1.82, 2.24) is 4.90 Å². The van der Waals surface area contributed by atoms with Crippen LogP contribution in [0.3, 0.4) is 0 Å². The van der Waals surface area contributed by atoms with Crippen LogP contribution in [-0.2, 0) is 19.4 Å². The number of carbonyl (C=O) groups excluding carboxylic acids is 2. The molecule has 1 aromatic rings. The maximum Gasteiger partial charge on any atom is 0.270 e. The van der Waals surface area contributed by atoms with Gasteiger partial charge in [0.1, 0.15) is 17.6 Å². The molecule has 150 valence electrons. The second-order valence-electron chi connectivity index (χ2n) is 6.79. The van der Waals surface area contributed by atoms with Crippen LogP contribution in [0.2, 0.25) is 0 Å². The van der Waals surface area contributed by atoms with Crippen LogP contribution in [0.1, 0.15) is 12.8 Å². The lowest BCUT2D eigenvalue weighted by atomic mass is 10.1. The minimum absolute atomic E-state index is 0.0152. The Balaban J connectivity index is 1.88. The molecule has 0 bridgehead atoms. The van der Waals surface area contributed by atoms with Gasteiger partial charge in [0.2, 0.25) is 5.91 Å². The smallest absolute Gasteiger partial charge is 0.270 e. The molecule has 0 aliphatic carbocycles. The molecule has 3 rings (SSSR count). The van der Waals surface area contributed by atoms with E-state index in [9.17, 15) is 22.4 Å². The van der Waals surface area contributed by atoms with Crippen molar-refractivity contribution in [3.05, 3.63) is 42.7 Å². The minimum Gasteiger partial charge on any atom is -0.368 e. The largest absolute Gasteiger partial charge is 0.368 e. The topological polar surface area (TPSA) is 113 Å². The average Bonchev–Trinajstić information content (AvgIpc) is 3.23. The number of hydrogen-bond donors (Lipinski definition) is 1. The van der Waals surface area contributed by atoms with E-state index in [-0.39, 0.29) is 30.2 Å². The molecular weight excluding hydrogens is 387 g/mol. The normalized spacial score (nSPS) is 23.3. The lowest BCUT2D eigenvalue weighted by Gasteiger charge is -2.26. The van der Waals surface area contributed by atoms with Gasteiger partial charge in [-0.1, -0.05) is 6.08 Å². The van der Waals surface area contributed by atoms with E-state index in [1.165, 1.54) is 40.3 Å². The first-order chi connectivity index (χ1) is 13.2. The van der Waals surface area contributed by atoms with E-state index in [2.05, 4.69) is 11.7 Å². The molecule has 2 amide bonds. The van der Waals surface area contributed by atoms with Crippen LogP contribution < -0.4 is 10.7 Å². The summed E-state index contributed by atoms with van der Waals surface area (Å²) in [7, 11) is -3.19. The molecule has 8 nitrogen and oxygen atoms in total. The van der Waals surface area contributed by atoms with E-state index in [1.807, 2.05) is 0 Å². The highest BCUT2D eigenvalue weighted by Crippen LogP contribution is 2.26. The monoisotopic (exact) mass is 408 g/mol. The third-order valence-electron chi connectivity index (χ3n) is 4.81. The van der Waals surface area contributed by atoms with Gasteiger partial charge in [-0.15, -0.1) is 6.58 Å². The van der Waals surface area contributed by atoms with Crippen molar-refractivity contribution >= 4 is 33.1 Å². The maximum atomic E-state index is 13.2. The molecule has 10 heteroatoms. The first kappa shape index (κ1) is 20.0. The molecule has 1 saturated heterocycles. The number of sulfone groups is 1. The fourth-order valence-electron chi connectivity index (χ4n) is 3.42. The van der Waals surface area contributed by atoms with Crippen molar-refractivity contribution in [2.75, 3.05) is 23.1 Å². The van der Waals surface area contributed by atoms with Gasteiger partial charge in [0.15, 0.2) is 9.84 Å². The van der Waals surface area contributed by atoms with Crippen LogP contribution in [0.15, 0.2) is 42.0 Å². The average molecular weight is 408 g/mol. The second kappa shape index (κ2) is 7.70. The van der Waals surface area contributed by atoms with Crippen LogP contribution in [0.4, 0.5) is 10.1 Å². The molecule has 2 aliphatic rings. The van der Waals surface area contributed by atoms with Gasteiger partial charge >= 0.3 is 0 Å². The molecule has 0 saturated carbocycles. The summed E-state index contributed by atoms with van der Waals surface area (Å²) in [5, 5.41) is 5.55. The van der Waals surface area contributed by atoms with E-state index in [4.69, 9.17) is 5.73 Å². The Hall–Kier alpha value is -2.75. The summed E-state index contributed by atoms with van der Waals surface area (Å²) in [6.45, 7) is 3.79. The van der Waals surface area contributed by atoms with Gasteiger partial charge < -0.3 is 10.6 Å². The zero-order chi connectivity index (χ0) is 20.5. The first-order valence-corrected chi connectivity index (χ1v) is 10.6. The predicted molar refractivity (Wildman–Crippen MR) is 103 cm³/mol. The summed E-state index contributed by atoms with van der Waals surface area (Å²) in [5.74, 6) is -1.66. The van der Waals surface area contributed by atoms with E-state index in [0.29, 0.717) is 12.1 Å². The third kappa shape index (κ3) is 4.06. The van der Waals surface area contributed by atoms with Gasteiger partial charge in [0.25, 0.3) is 5.91 Å². The van der Waals surface area contributed by atoms with Crippen LogP contribution >= 0.6 is 0 Å². The summed E-state index contributed by atoms with van der Waals surface area (Å²) < 4.78 is 36.8. The number of primary amides is 1. The van der Waals surface area contributed by atoms with Crippen molar-refractivity contribution < 1.29 is 22.4 Å². The maximum absolute atomic E-state index is 13.2. The summed E-state index contributed by atoms with van der Waals surface area (Å²) in [4.78, 5) is 26.3. The first-order valence-electron chi connectivity index (χ1n) is 8.75. The Morgan fingerprint density at radius 1 is 1.36 bits per heavy atom. The number of hydrogen-bond acceptors (Lipinski definition) is 6. The standard InChI is InChI=1S/C18H21FN4O4S/c1-2-8-22(14-7-9-28(26,27)11-14)18(25)15-10-16(17(20)24)23(21-15)13-5-3-12(19)4-6-13/h2-6,14,16H,1,7-11H2,(H2,20,24). The molecule has 28 heavy (non-hydrogen) atoms. The zero-order valence-corrected chi connectivity index (χ0v) is 15.9. The molecular formula is C18H21FN4O4S. The number of nitrogens with two attached hydrogens (primary N) is 1. The summed E-state index contributed by atoms with van der Waals surface area (Å²) in [6.07, 6.45) is 1.84. The highest BCUT2D eigenvalue weighted by atomic mass is 32.2. The Labute approximate surface area is 162 Å². The fourth-order valence-corrected chi connectivity index (χ4v) is 5.15. The van der Waals surface area contributed by atoms with E-state index in [0.717, 1.165) is 0 Å². The van der Waals surface area contributed by atoms with Crippen LogP contribution in [0, 0.1) is 5.82 Å². The molecule has 2 atom stereocenters. The predicted octanol–water partition coefficient (Wildman–Crippen LogP) is 0.447. The van der Waals surface area contributed by atoms with Gasteiger partial charge in [0.05, 0.1) is 17.2 Å². The quantitative estimate of drug-likeness (QED) is 0.687. The lowest BCUT2D eigenvalue weighted by Crippen LogP contribution is -2.45. The Morgan fingerprint density at radius 3 is 2.57 bits per heavy atom. The molecule has 2 unspecified atom stereocenters. The third-order valence-corrected chi connectivity index (χ3v) is 6.56. The van der Waals surface area contributed by atoms with Gasteiger partial charge in [-0.2, -0.15) is 5.10 Å². The van der Waals surface area contributed by atoms with Gasteiger partial charge in [0, 0.05) is 19.0 Å². The number of benzene rings is 1. The molecule has 2 heterocycles. The molecule has 0 aromatic heterocycles. The second-order valence-corrected chi connectivity index (χ2v) is 9.02. The van der Waals surface area contributed by atoms with E-state index >= 15 is 0 Å². The van der Waals surface area contributed by atoms with Crippen LogP contribution in [0.5, 0.6) is 0 Å². The number of anilines is 1. The number of amides is 2. The van der Waals surface area contributed by atoms with E-state index < -0.39 is 39.6 Å². The van der Waals surface area contributed by atoms with Gasteiger partial charge in [-0.25, -0.2) is 12.8 Å². The van der Waals surface area contributed by atoms with Crippen molar-refractivity contribution in [1.29, 1.82) is 0 Å². The minimum atomic E-state index is -3.19. The molecule has 0 spiro atoms. The van der Waals surface area contributed by atoms with Crippen molar-refractivity contribution in [3.8, 4) is 0 Å². The van der Waals surface area contributed by atoms with Crippen molar-refractivity contribution in [2.45, 2.75) is 24.9 Å².